The minimum Gasteiger partial charge on any atom is -0.388 e. The topological polar surface area (TPSA) is 37.3 Å². The van der Waals surface area contributed by atoms with Crippen LogP contribution in [0.5, 0.6) is 0 Å². The Bertz CT molecular complexity index is 347. The Morgan fingerprint density at radius 2 is 2.07 bits per heavy atom. The molecule has 0 amide bonds. The van der Waals surface area contributed by atoms with E-state index in [1.165, 1.54) is 12.1 Å². The smallest absolute Gasteiger partial charge is 0.388 e. The summed E-state index contributed by atoms with van der Waals surface area (Å²) in [5.74, 6) is 0. The average molecular weight is 218 g/mol. The largest absolute Gasteiger partial charge is 0.416 e. The number of alkyl halides is 3. The second-order valence-electron chi connectivity index (χ2n) is 3.04. The van der Waals surface area contributed by atoms with Gasteiger partial charge in [-0.05, 0) is 17.7 Å². The van der Waals surface area contributed by atoms with Crippen LogP contribution < -0.4 is 0 Å². The first-order valence-electron chi connectivity index (χ1n) is 4.24. The number of benzene rings is 1. The maximum atomic E-state index is 12.3. The van der Waals surface area contributed by atoms with E-state index in [-0.39, 0.29) is 12.0 Å². The molecular formula is C10H9F3O2. The normalized spacial score (nSPS) is 13.6. The first-order chi connectivity index (χ1) is 6.95. The molecule has 0 fully saturated rings. The minimum atomic E-state index is -4.43. The number of carbonyl (C=O) groups excluding carboxylic acids is 1. The minimum absolute atomic E-state index is 0.0944. The zero-order valence-corrected chi connectivity index (χ0v) is 7.66. The van der Waals surface area contributed by atoms with Crippen LogP contribution in [0.3, 0.4) is 0 Å². The van der Waals surface area contributed by atoms with E-state index in [9.17, 15) is 23.1 Å². The molecule has 0 saturated carbocycles. The molecule has 82 valence electrons. The van der Waals surface area contributed by atoms with Crippen molar-refractivity contribution >= 4 is 6.29 Å². The van der Waals surface area contributed by atoms with Gasteiger partial charge in [0, 0.05) is 6.42 Å². The first kappa shape index (κ1) is 11.7. The van der Waals surface area contributed by atoms with Crippen LogP contribution in [0.25, 0.3) is 0 Å². The Labute approximate surface area is 84.3 Å². The van der Waals surface area contributed by atoms with Crippen LogP contribution in [-0.2, 0) is 11.0 Å². The maximum absolute atomic E-state index is 12.3. The van der Waals surface area contributed by atoms with Crippen molar-refractivity contribution in [2.24, 2.45) is 0 Å². The van der Waals surface area contributed by atoms with Gasteiger partial charge in [-0.3, -0.25) is 0 Å². The van der Waals surface area contributed by atoms with Gasteiger partial charge >= 0.3 is 6.18 Å². The molecule has 15 heavy (non-hydrogen) atoms. The molecule has 0 bridgehead atoms. The number of hydrogen-bond acceptors (Lipinski definition) is 2. The van der Waals surface area contributed by atoms with Crippen LogP contribution in [0.2, 0.25) is 0 Å². The monoisotopic (exact) mass is 218 g/mol. The lowest BCUT2D eigenvalue weighted by Gasteiger charge is -2.11. The Balaban J connectivity index is 2.97. The number of rotatable bonds is 3. The van der Waals surface area contributed by atoms with E-state index in [2.05, 4.69) is 0 Å². The molecule has 5 heteroatoms. The Morgan fingerprint density at radius 3 is 2.60 bits per heavy atom. The number of aliphatic hydroxyl groups is 1. The van der Waals surface area contributed by atoms with Crippen LogP contribution in [0.1, 0.15) is 23.7 Å². The molecule has 0 aromatic heterocycles. The molecular weight excluding hydrogens is 209 g/mol. The molecule has 1 unspecified atom stereocenters. The molecule has 0 spiro atoms. The van der Waals surface area contributed by atoms with E-state index < -0.39 is 17.8 Å². The van der Waals surface area contributed by atoms with Crippen molar-refractivity contribution in [2.75, 3.05) is 0 Å². The lowest BCUT2D eigenvalue weighted by Crippen LogP contribution is -2.07. The van der Waals surface area contributed by atoms with Crippen molar-refractivity contribution in [3.05, 3.63) is 35.4 Å². The summed E-state index contributed by atoms with van der Waals surface area (Å²) in [5, 5.41) is 9.31. The molecule has 0 aliphatic carbocycles. The fourth-order valence-electron chi connectivity index (χ4n) is 1.15. The van der Waals surface area contributed by atoms with Crippen LogP contribution in [0, 0.1) is 0 Å². The lowest BCUT2D eigenvalue weighted by molar-refractivity contribution is -0.137. The van der Waals surface area contributed by atoms with Crippen molar-refractivity contribution in [1.29, 1.82) is 0 Å². The predicted octanol–water partition coefficient (Wildman–Crippen LogP) is 2.33. The highest BCUT2D eigenvalue weighted by molar-refractivity contribution is 5.51. The fraction of sp³-hybridized carbons (Fsp3) is 0.300. The zero-order chi connectivity index (χ0) is 11.5. The Morgan fingerprint density at radius 1 is 1.40 bits per heavy atom. The van der Waals surface area contributed by atoms with E-state index in [1.54, 1.807) is 0 Å². The van der Waals surface area contributed by atoms with Crippen LogP contribution in [-0.4, -0.2) is 11.4 Å². The SMILES string of the molecule is O=CCC(O)c1cccc(C(F)(F)F)c1. The summed E-state index contributed by atoms with van der Waals surface area (Å²) >= 11 is 0. The van der Waals surface area contributed by atoms with Crippen molar-refractivity contribution in [1.82, 2.24) is 0 Å². The third-order valence-electron chi connectivity index (χ3n) is 1.92. The number of halogens is 3. The van der Waals surface area contributed by atoms with Gasteiger partial charge in [-0.25, -0.2) is 0 Å². The number of aliphatic hydroxyl groups excluding tert-OH is 1. The summed E-state index contributed by atoms with van der Waals surface area (Å²) in [6, 6.07) is 4.31. The highest BCUT2D eigenvalue weighted by Crippen LogP contribution is 2.30. The van der Waals surface area contributed by atoms with Gasteiger partial charge in [0.25, 0.3) is 0 Å². The van der Waals surface area contributed by atoms with Gasteiger partial charge in [0.2, 0.25) is 0 Å². The molecule has 0 heterocycles. The summed E-state index contributed by atoms with van der Waals surface area (Å²) in [4.78, 5) is 10.1. The molecule has 1 aromatic carbocycles. The van der Waals surface area contributed by atoms with Crippen LogP contribution in [0.15, 0.2) is 24.3 Å². The highest BCUT2D eigenvalue weighted by Gasteiger charge is 2.30. The van der Waals surface area contributed by atoms with E-state index in [1.807, 2.05) is 0 Å². The van der Waals surface area contributed by atoms with Crippen molar-refractivity contribution in [3.8, 4) is 0 Å². The molecule has 2 nitrogen and oxygen atoms in total. The molecule has 1 atom stereocenters. The fourth-order valence-corrected chi connectivity index (χ4v) is 1.15. The van der Waals surface area contributed by atoms with E-state index in [4.69, 9.17) is 0 Å². The number of aldehydes is 1. The Kier molecular flexibility index (Phi) is 3.47. The molecule has 0 saturated heterocycles. The van der Waals surface area contributed by atoms with Gasteiger partial charge in [0.05, 0.1) is 11.7 Å². The van der Waals surface area contributed by atoms with Gasteiger partial charge in [-0.1, -0.05) is 12.1 Å². The van der Waals surface area contributed by atoms with Crippen molar-refractivity contribution < 1.29 is 23.1 Å². The summed E-state index contributed by atoms with van der Waals surface area (Å²) in [6.45, 7) is 0. The summed E-state index contributed by atoms with van der Waals surface area (Å²) < 4.78 is 36.8. The third kappa shape index (κ3) is 3.06. The first-order valence-corrected chi connectivity index (χ1v) is 4.24. The number of hydrogen-bond donors (Lipinski definition) is 1. The number of carbonyl (C=O) groups is 1. The van der Waals surface area contributed by atoms with Gasteiger partial charge < -0.3 is 9.90 Å². The molecule has 0 aliphatic heterocycles. The molecule has 0 aliphatic rings. The van der Waals surface area contributed by atoms with Crippen LogP contribution in [0.4, 0.5) is 13.2 Å². The second-order valence-corrected chi connectivity index (χ2v) is 3.04. The zero-order valence-electron chi connectivity index (χ0n) is 7.66. The quantitative estimate of drug-likeness (QED) is 0.790. The summed E-state index contributed by atoms with van der Waals surface area (Å²) in [6.07, 6.45) is -5.35. The van der Waals surface area contributed by atoms with Gasteiger partial charge in [0.1, 0.15) is 6.29 Å². The van der Waals surface area contributed by atoms with Gasteiger partial charge in [0.15, 0.2) is 0 Å². The lowest BCUT2D eigenvalue weighted by atomic mass is 10.0. The van der Waals surface area contributed by atoms with Crippen molar-refractivity contribution in [3.63, 3.8) is 0 Å². The molecule has 0 radical (unpaired) electrons. The maximum Gasteiger partial charge on any atom is 0.416 e. The predicted molar refractivity (Wildman–Crippen MR) is 47.1 cm³/mol. The highest BCUT2D eigenvalue weighted by atomic mass is 19.4. The second kappa shape index (κ2) is 4.44. The van der Waals surface area contributed by atoms with E-state index in [0.717, 1.165) is 12.1 Å². The van der Waals surface area contributed by atoms with Crippen LogP contribution >= 0.6 is 0 Å². The average Bonchev–Trinajstić information content (AvgIpc) is 2.17. The van der Waals surface area contributed by atoms with E-state index in [0.29, 0.717) is 6.29 Å². The molecule has 1 N–H and O–H groups in total. The molecule has 1 aromatic rings. The summed E-state index contributed by atoms with van der Waals surface area (Å²) in [5.41, 5.74) is -0.734. The molecule has 1 rings (SSSR count). The van der Waals surface area contributed by atoms with E-state index >= 15 is 0 Å². The Hall–Kier alpha value is -1.36. The standard InChI is InChI=1S/C10H9F3O2/c11-10(12,13)8-3-1-2-7(6-8)9(15)4-5-14/h1-3,5-6,9,15H,4H2. The van der Waals surface area contributed by atoms with Gasteiger partial charge in [-0.2, -0.15) is 13.2 Å². The van der Waals surface area contributed by atoms with Gasteiger partial charge in [-0.15, -0.1) is 0 Å². The van der Waals surface area contributed by atoms with Crippen molar-refractivity contribution in [2.45, 2.75) is 18.7 Å². The third-order valence-corrected chi connectivity index (χ3v) is 1.92. The summed E-state index contributed by atoms with van der Waals surface area (Å²) in [7, 11) is 0.